The van der Waals surface area contributed by atoms with Gasteiger partial charge in [0.2, 0.25) is 5.56 Å². The van der Waals surface area contributed by atoms with Crippen molar-refractivity contribution in [2.75, 3.05) is 26.2 Å². The first-order valence-corrected chi connectivity index (χ1v) is 7.31. The van der Waals surface area contributed by atoms with Gasteiger partial charge in [0, 0.05) is 62.9 Å². The summed E-state index contributed by atoms with van der Waals surface area (Å²) in [6.45, 7) is 3.87. The number of aromatic nitrogens is 2. The number of piperazine rings is 1. The topological polar surface area (TPSA) is 69.3 Å². The Labute approximate surface area is 128 Å². The normalized spacial score (nSPS) is 15.7. The second-order valence-corrected chi connectivity index (χ2v) is 5.37. The van der Waals surface area contributed by atoms with Crippen molar-refractivity contribution in [1.82, 2.24) is 19.8 Å². The molecule has 0 radical (unpaired) electrons. The minimum atomic E-state index is -0.0866. The third kappa shape index (κ3) is 3.40. The van der Waals surface area contributed by atoms with E-state index in [4.69, 9.17) is 0 Å². The van der Waals surface area contributed by atoms with E-state index in [1.807, 2.05) is 11.0 Å². The largest absolute Gasteiger partial charge is 0.336 e. The highest BCUT2D eigenvalue weighted by molar-refractivity contribution is 5.94. The molecule has 3 heterocycles. The lowest BCUT2D eigenvalue weighted by Gasteiger charge is -2.34. The first-order chi connectivity index (χ1) is 10.7. The molecule has 6 nitrogen and oxygen atoms in total. The number of rotatable bonds is 3. The number of carbonyl (C=O) groups is 1. The van der Waals surface area contributed by atoms with Crippen LogP contribution in [0.4, 0.5) is 0 Å². The monoisotopic (exact) mass is 298 g/mol. The van der Waals surface area contributed by atoms with Crippen LogP contribution >= 0.6 is 0 Å². The molecule has 22 heavy (non-hydrogen) atoms. The van der Waals surface area contributed by atoms with Gasteiger partial charge in [-0.25, -0.2) is 0 Å². The molecule has 2 aromatic rings. The van der Waals surface area contributed by atoms with Gasteiger partial charge in [0.15, 0.2) is 0 Å². The number of amides is 1. The van der Waals surface area contributed by atoms with E-state index in [2.05, 4.69) is 14.9 Å². The third-order valence-corrected chi connectivity index (χ3v) is 3.84. The number of aromatic amines is 1. The summed E-state index contributed by atoms with van der Waals surface area (Å²) in [5.74, 6) is 0.0612. The molecule has 3 rings (SSSR count). The third-order valence-electron chi connectivity index (χ3n) is 3.84. The molecule has 2 aromatic heterocycles. The molecule has 1 amide bonds. The fourth-order valence-corrected chi connectivity index (χ4v) is 2.59. The summed E-state index contributed by atoms with van der Waals surface area (Å²) in [5.41, 5.74) is 1.68. The van der Waals surface area contributed by atoms with Crippen LogP contribution in [0.25, 0.3) is 0 Å². The van der Waals surface area contributed by atoms with Crippen molar-refractivity contribution in [3.05, 3.63) is 64.3 Å². The molecule has 0 aliphatic carbocycles. The summed E-state index contributed by atoms with van der Waals surface area (Å²) in [6.07, 6.45) is 5.02. The minimum Gasteiger partial charge on any atom is -0.336 e. The van der Waals surface area contributed by atoms with Crippen molar-refractivity contribution < 1.29 is 4.79 Å². The number of hydrogen-bond donors (Lipinski definition) is 1. The first-order valence-electron chi connectivity index (χ1n) is 7.31. The summed E-state index contributed by atoms with van der Waals surface area (Å²) in [7, 11) is 0. The molecule has 1 saturated heterocycles. The average molecular weight is 298 g/mol. The van der Waals surface area contributed by atoms with E-state index in [0.29, 0.717) is 18.7 Å². The van der Waals surface area contributed by atoms with E-state index < -0.39 is 0 Å². The predicted molar refractivity (Wildman–Crippen MR) is 82.5 cm³/mol. The molecule has 0 bridgehead atoms. The summed E-state index contributed by atoms with van der Waals surface area (Å²) in [5, 5.41) is 0. The van der Waals surface area contributed by atoms with Crippen LogP contribution in [-0.4, -0.2) is 51.9 Å². The Hall–Kier alpha value is -2.47. The maximum atomic E-state index is 12.3. The smallest absolute Gasteiger partial charge is 0.254 e. The average Bonchev–Trinajstić information content (AvgIpc) is 2.58. The zero-order valence-corrected chi connectivity index (χ0v) is 12.2. The quantitative estimate of drug-likeness (QED) is 0.907. The van der Waals surface area contributed by atoms with Gasteiger partial charge < -0.3 is 9.88 Å². The number of nitrogens with one attached hydrogen (secondary N) is 1. The van der Waals surface area contributed by atoms with Gasteiger partial charge in [-0.05, 0) is 17.7 Å². The van der Waals surface area contributed by atoms with Crippen LogP contribution in [-0.2, 0) is 6.54 Å². The van der Waals surface area contributed by atoms with Crippen molar-refractivity contribution in [2.24, 2.45) is 0 Å². The van der Waals surface area contributed by atoms with E-state index in [9.17, 15) is 9.59 Å². The molecule has 0 aromatic carbocycles. The van der Waals surface area contributed by atoms with Crippen LogP contribution in [0, 0.1) is 0 Å². The van der Waals surface area contributed by atoms with Crippen molar-refractivity contribution >= 4 is 5.91 Å². The molecule has 0 spiro atoms. The van der Waals surface area contributed by atoms with Crippen LogP contribution in [0.2, 0.25) is 0 Å². The van der Waals surface area contributed by atoms with Crippen LogP contribution < -0.4 is 5.56 Å². The lowest BCUT2D eigenvalue weighted by Crippen LogP contribution is -2.48. The lowest BCUT2D eigenvalue weighted by molar-refractivity contribution is 0.0628. The van der Waals surface area contributed by atoms with Crippen molar-refractivity contribution in [2.45, 2.75) is 6.54 Å². The predicted octanol–water partition coefficient (Wildman–Crippen LogP) is 0.728. The minimum absolute atomic E-state index is 0.0612. The molecule has 1 aliphatic heterocycles. The van der Waals surface area contributed by atoms with E-state index in [0.717, 1.165) is 25.2 Å². The number of H-pyrrole nitrogens is 1. The van der Waals surface area contributed by atoms with Gasteiger partial charge >= 0.3 is 0 Å². The Balaban J connectivity index is 1.55. The molecule has 114 valence electrons. The maximum Gasteiger partial charge on any atom is 0.254 e. The van der Waals surface area contributed by atoms with Crippen LogP contribution in [0.5, 0.6) is 0 Å². The highest BCUT2D eigenvalue weighted by Crippen LogP contribution is 2.10. The molecule has 6 heteroatoms. The van der Waals surface area contributed by atoms with Crippen molar-refractivity contribution in [3.63, 3.8) is 0 Å². The van der Waals surface area contributed by atoms with Gasteiger partial charge in [-0.15, -0.1) is 0 Å². The second kappa shape index (κ2) is 6.53. The van der Waals surface area contributed by atoms with Gasteiger partial charge in [-0.1, -0.05) is 6.07 Å². The number of nitrogens with zero attached hydrogens (tertiary/aromatic N) is 3. The molecule has 1 N–H and O–H groups in total. The Kier molecular flexibility index (Phi) is 4.29. The van der Waals surface area contributed by atoms with Crippen molar-refractivity contribution in [3.8, 4) is 0 Å². The molecular weight excluding hydrogens is 280 g/mol. The molecule has 0 unspecified atom stereocenters. The zero-order chi connectivity index (χ0) is 15.4. The zero-order valence-electron chi connectivity index (χ0n) is 12.2. The van der Waals surface area contributed by atoms with Crippen LogP contribution in [0.15, 0.2) is 47.7 Å². The first kappa shape index (κ1) is 14.5. The summed E-state index contributed by atoms with van der Waals surface area (Å²) in [6, 6.07) is 6.87. The van der Waals surface area contributed by atoms with Gasteiger partial charge in [-0.3, -0.25) is 19.5 Å². The van der Waals surface area contributed by atoms with Crippen molar-refractivity contribution in [1.29, 1.82) is 0 Å². The Morgan fingerprint density at radius 3 is 2.45 bits per heavy atom. The fraction of sp³-hybridized carbons (Fsp3) is 0.312. The maximum absolute atomic E-state index is 12.3. The fourth-order valence-electron chi connectivity index (χ4n) is 2.59. The van der Waals surface area contributed by atoms with Crippen LogP contribution in [0.1, 0.15) is 15.9 Å². The lowest BCUT2D eigenvalue weighted by atomic mass is 10.2. The van der Waals surface area contributed by atoms with E-state index in [1.54, 1.807) is 36.8 Å². The standard InChI is InChI=1S/C16H18N4O2/c21-15-2-1-13(11-18-15)12-19-7-9-20(10-8-19)16(22)14-3-5-17-6-4-14/h1-6,11H,7-10,12H2,(H,18,21). The van der Waals surface area contributed by atoms with E-state index in [1.165, 1.54) is 0 Å². The van der Waals surface area contributed by atoms with Crippen LogP contribution in [0.3, 0.4) is 0 Å². The molecule has 0 saturated carbocycles. The van der Waals surface area contributed by atoms with Gasteiger partial charge in [-0.2, -0.15) is 0 Å². The summed E-state index contributed by atoms with van der Waals surface area (Å²) >= 11 is 0. The molecule has 1 aliphatic rings. The second-order valence-electron chi connectivity index (χ2n) is 5.37. The Morgan fingerprint density at radius 1 is 1.09 bits per heavy atom. The molecule has 1 fully saturated rings. The van der Waals surface area contributed by atoms with Gasteiger partial charge in [0.05, 0.1) is 0 Å². The summed E-state index contributed by atoms with van der Waals surface area (Å²) in [4.78, 5) is 34.2. The number of hydrogen-bond acceptors (Lipinski definition) is 4. The highest BCUT2D eigenvalue weighted by atomic mass is 16.2. The Bertz CT molecular complexity index is 670. The van der Waals surface area contributed by atoms with E-state index >= 15 is 0 Å². The summed E-state index contributed by atoms with van der Waals surface area (Å²) < 4.78 is 0. The van der Waals surface area contributed by atoms with Gasteiger partial charge in [0.1, 0.15) is 0 Å². The number of pyridine rings is 2. The molecular formula is C16H18N4O2. The SMILES string of the molecule is O=C(c1ccncc1)N1CCN(Cc2ccc(=O)[nH]c2)CC1. The van der Waals surface area contributed by atoms with E-state index in [-0.39, 0.29) is 11.5 Å². The Morgan fingerprint density at radius 2 is 1.82 bits per heavy atom. The van der Waals surface area contributed by atoms with Gasteiger partial charge in [0.25, 0.3) is 5.91 Å². The number of carbonyl (C=O) groups excluding carboxylic acids is 1. The highest BCUT2D eigenvalue weighted by Gasteiger charge is 2.21. The molecule has 0 atom stereocenters.